The zero-order valence-corrected chi connectivity index (χ0v) is 27.9. The molecule has 9 heteroatoms. The summed E-state index contributed by atoms with van der Waals surface area (Å²) >= 11 is 0. The maximum Gasteiger partial charge on any atom is 0.339 e. The minimum Gasteiger partial charge on any atom is -0.486 e. The number of ether oxygens (including phenoxy) is 4. The average Bonchev–Trinajstić information content (AvgIpc) is 3.45. The first-order chi connectivity index (χ1) is 21.9. The molecule has 2 aromatic carbocycles. The molecule has 0 amide bonds. The number of piperidine rings is 1. The monoisotopic (exact) mass is 624 g/mol. The van der Waals surface area contributed by atoms with Crippen molar-refractivity contribution in [2.75, 3.05) is 31.7 Å². The zero-order chi connectivity index (χ0) is 32.6. The lowest BCUT2D eigenvalue weighted by molar-refractivity contribution is -0.164. The number of fused-ring (bicyclic) bond motifs is 6. The summed E-state index contributed by atoms with van der Waals surface area (Å²) in [5.41, 5.74) is 4.87. The maximum absolute atomic E-state index is 13.4. The summed E-state index contributed by atoms with van der Waals surface area (Å²) in [6.45, 7) is 13.8. The summed E-state index contributed by atoms with van der Waals surface area (Å²) in [5, 5.41) is 5.14. The smallest absolute Gasteiger partial charge is 0.339 e. The molecule has 0 spiro atoms. The summed E-state index contributed by atoms with van der Waals surface area (Å²) in [7, 11) is 1.39. The van der Waals surface area contributed by atoms with Gasteiger partial charge in [0.1, 0.15) is 17.7 Å². The summed E-state index contributed by atoms with van der Waals surface area (Å²) in [5.74, 6) is 1.12. The molecule has 4 aromatic rings. The SMILES string of the molecule is COC(=O)[C@@H](OC(C)(C)C)c1c(C)nc2cc3nn2c1N1CCC(C)(CC1)OC/C=C/C(C)Oc1ccccc1-c1cccc-3c1. The van der Waals surface area contributed by atoms with Crippen molar-refractivity contribution in [1.82, 2.24) is 14.6 Å². The van der Waals surface area contributed by atoms with Crippen molar-refractivity contribution in [3.8, 4) is 28.1 Å². The highest BCUT2D eigenvalue weighted by Gasteiger charge is 2.38. The third-order valence-corrected chi connectivity index (χ3v) is 8.68. The minimum absolute atomic E-state index is 0.133. The summed E-state index contributed by atoms with van der Waals surface area (Å²) in [4.78, 5) is 20.6. The third kappa shape index (κ3) is 6.52. The van der Waals surface area contributed by atoms with Crippen LogP contribution in [0.4, 0.5) is 5.82 Å². The highest BCUT2D eigenvalue weighted by atomic mass is 16.6. The first kappa shape index (κ1) is 31.8. The van der Waals surface area contributed by atoms with Crippen LogP contribution in [0.2, 0.25) is 0 Å². The van der Waals surface area contributed by atoms with Crippen LogP contribution >= 0.6 is 0 Å². The first-order valence-corrected chi connectivity index (χ1v) is 16.0. The molecular formula is C37H44N4O5. The summed E-state index contributed by atoms with van der Waals surface area (Å²) in [6, 6.07) is 18.4. The lowest BCUT2D eigenvalue weighted by atomic mass is 9.92. The number of methoxy groups -OCH3 is 1. The van der Waals surface area contributed by atoms with Gasteiger partial charge in [-0.25, -0.2) is 9.78 Å². The molecule has 3 aliphatic heterocycles. The molecule has 0 aliphatic carbocycles. The fourth-order valence-electron chi connectivity index (χ4n) is 6.28. The molecule has 242 valence electrons. The molecule has 1 unspecified atom stereocenters. The molecule has 2 aromatic heterocycles. The highest BCUT2D eigenvalue weighted by molar-refractivity contribution is 5.81. The Morgan fingerprint density at radius 3 is 2.54 bits per heavy atom. The second-order valence-electron chi connectivity index (χ2n) is 13.4. The van der Waals surface area contributed by atoms with E-state index in [1.807, 2.05) is 75.5 Å². The van der Waals surface area contributed by atoms with Crippen LogP contribution in [0, 0.1) is 6.92 Å². The Bertz CT molecular complexity index is 1760. The van der Waals surface area contributed by atoms with Crippen LogP contribution in [0.5, 0.6) is 5.75 Å². The van der Waals surface area contributed by atoms with Gasteiger partial charge in [0, 0.05) is 36.0 Å². The lowest BCUT2D eigenvalue weighted by Crippen LogP contribution is -2.45. The summed E-state index contributed by atoms with van der Waals surface area (Å²) in [6.07, 6.45) is 4.57. The molecule has 7 rings (SSSR count). The average molecular weight is 625 g/mol. The van der Waals surface area contributed by atoms with Crippen LogP contribution in [-0.2, 0) is 19.0 Å². The number of carbonyl (C=O) groups excluding carboxylic acids is 1. The van der Waals surface area contributed by atoms with Gasteiger partial charge < -0.3 is 23.8 Å². The number of aromatic nitrogens is 3. The molecular weight excluding hydrogens is 580 g/mol. The van der Waals surface area contributed by atoms with Gasteiger partial charge in [-0.3, -0.25) is 0 Å². The van der Waals surface area contributed by atoms with Crippen LogP contribution in [0.1, 0.15) is 64.8 Å². The molecule has 5 heterocycles. The number of rotatable bonds is 3. The number of hydrogen-bond donors (Lipinski definition) is 0. The van der Waals surface area contributed by atoms with E-state index in [1.54, 1.807) is 0 Å². The predicted octanol–water partition coefficient (Wildman–Crippen LogP) is 7.11. The van der Waals surface area contributed by atoms with Gasteiger partial charge in [0.2, 0.25) is 0 Å². The second-order valence-corrected chi connectivity index (χ2v) is 13.4. The van der Waals surface area contributed by atoms with E-state index in [0.717, 1.165) is 46.8 Å². The number of carbonyl (C=O) groups is 1. The minimum atomic E-state index is -0.984. The normalized spacial score (nSPS) is 21.5. The molecule has 0 saturated carbocycles. The Hall–Kier alpha value is -4.21. The van der Waals surface area contributed by atoms with E-state index in [1.165, 1.54) is 7.11 Å². The van der Waals surface area contributed by atoms with Gasteiger partial charge in [0.25, 0.3) is 0 Å². The van der Waals surface area contributed by atoms with Gasteiger partial charge in [-0.15, -0.1) is 0 Å². The number of hydrogen-bond acceptors (Lipinski definition) is 8. The Morgan fingerprint density at radius 2 is 1.80 bits per heavy atom. The second kappa shape index (κ2) is 12.5. The van der Waals surface area contributed by atoms with Crippen LogP contribution in [0.25, 0.3) is 28.0 Å². The Kier molecular flexibility index (Phi) is 8.65. The van der Waals surface area contributed by atoms with E-state index in [-0.39, 0.29) is 11.7 Å². The molecule has 0 N–H and O–H groups in total. The fraction of sp³-hybridized carbons (Fsp3) is 0.432. The first-order valence-electron chi connectivity index (χ1n) is 16.0. The van der Waals surface area contributed by atoms with E-state index >= 15 is 0 Å². The van der Waals surface area contributed by atoms with Gasteiger partial charge >= 0.3 is 5.97 Å². The number of esters is 1. The van der Waals surface area contributed by atoms with Gasteiger partial charge in [-0.2, -0.15) is 9.61 Å². The molecule has 9 nitrogen and oxygen atoms in total. The van der Waals surface area contributed by atoms with Crippen LogP contribution in [0.15, 0.2) is 66.7 Å². The molecule has 6 bridgehead atoms. The van der Waals surface area contributed by atoms with Crippen molar-refractivity contribution in [1.29, 1.82) is 0 Å². The van der Waals surface area contributed by atoms with E-state index in [2.05, 4.69) is 42.2 Å². The maximum atomic E-state index is 13.4. The summed E-state index contributed by atoms with van der Waals surface area (Å²) < 4.78 is 26.4. The Morgan fingerprint density at radius 1 is 1.07 bits per heavy atom. The van der Waals surface area contributed by atoms with Crippen LogP contribution < -0.4 is 9.64 Å². The number of nitrogens with zero attached hydrogens (tertiary/aromatic N) is 4. The number of para-hydroxylation sites is 1. The molecule has 1 fully saturated rings. The van der Waals surface area contributed by atoms with Gasteiger partial charge in [0.15, 0.2) is 11.8 Å². The van der Waals surface area contributed by atoms with Gasteiger partial charge in [0.05, 0.1) is 36.2 Å². The van der Waals surface area contributed by atoms with Crippen molar-refractivity contribution in [3.05, 3.63) is 78.0 Å². The quantitative estimate of drug-likeness (QED) is 0.176. The van der Waals surface area contributed by atoms with Crippen LogP contribution in [0.3, 0.4) is 0 Å². The third-order valence-electron chi connectivity index (χ3n) is 8.68. The highest BCUT2D eigenvalue weighted by Crippen LogP contribution is 2.39. The predicted molar refractivity (Wildman–Crippen MR) is 179 cm³/mol. The molecule has 46 heavy (non-hydrogen) atoms. The molecule has 1 saturated heterocycles. The lowest BCUT2D eigenvalue weighted by Gasteiger charge is -2.41. The zero-order valence-electron chi connectivity index (χ0n) is 27.9. The van der Waals surface area contributed by atoms with E-state index < -0.39 is 17.7 Å². The van der Waals surface area contributed by atoms with Gasteiger partial charge in [-0.1, -0.05) is 42.5 Å². The van der Waals surface area contributed by atoms with Gasteiger partial charge in [-0.05, 0) is 78.2 Å². The largest absolute Gasteiger partial charge is 0.486 e. The molecule has 0 radical (unpaired) electrons. The van der Waals surface area contributed by atoms with Crippen LogP contribution in [-0.4, -0.2) is 64.7 Å². The van der Waals surface area contributed by atoms with Crippen molar-refractivity contribution >= 4 is 17.4 Å². The van der Waals surface area contributed by atoms with Crippen molar-refractivity contribution in [2.24, 2.45) is 0 Å². The van der Waals surface area contributed by atoms with E-state index in [9.17, 15) is 4.79 Å². The van der Waals surface area contributed by atoms with E-state index in [0.29, 0.717) is 36.6 Å². The topological polar surface area (TPSA) is 87.4 Å². The van der Waals surface area contributed by atoms with Crippen molar-refractivity contribution in [3.63, 3.8) is 0 Å². The fourth-order valence-corrected chi connectivity index (χ4v) is 6.28. The van der Waals surface area contributed by atoms with E-state index in [4.69, 9.17) is 29.0 Å². The molecule has 2 atom stereocenters. The van der Waals surface area contributed by atoms with Crippen molar-refractivity contribution < 1.29 is 23.7 Å². The number of benzene rings is 2. The standard InChI is InChI=1S/C37H44N4O5/c1-24-12-11-21-44-37(6)17-19-40(20-18-37)34-32(33(35(42)43-7)46-36(3,4)5)25(2)38-31-23-29(39-41(31)34)27-14-10-13-26(22-27)28-15-8-9-16-30(28)45-24/h8-16,22-24,33H,17-21H2,1-7H3/b12-11+/t24?,33-/m0/s1. The molecule has 3 aliphatic rings. The Labute approximate surface area is 271 Å². The number of anilines is 1. The Balaban J connectivity index is 1.56. The van der Waals surface area contributed by atoms with Crippen molar-refractivity contribution in [2.45, 2.75) is 77.8 Å². The number of aryl methyl sites for hydroxylation is 1.